The molecule has 296 valence electrons. The summed E-state index contributed by atoms with van der Waals surface area (Å²) in [7, 11) is 0. The van der Waals surface area contributed by atoms with Crippen LogP contribution in [0.1, 0.15) is 60.1 Å². The van der Waals surface area contributed by atoms with Crippen LogP contribution in [-0.4, -0.2) is 94.9 Å². The number of urea groups is 1. The highest BCUT2D eigenvalue weighted by Crippen LogP contribution is 2.35. The largest absolute Gasteiger partial charge is 0.491 e. The van der Waals surface area contributed by atoms with Crippen molar-refractivity contribution in [2.75, 3.05) is 50.2 Å². The van der Waals surface area contributed by atoms with Crippen molar-refractivity contribution in [3.63, 3.8) is 0 Å². The van der Waals surface area contributed by atoms with Gasteiger partial charge < -0.3 is 35.1 Å². The minimum Gasteiger partial charge on any atom is -0.491 e. The van der Waals surface area contributed by atoms with E-state index in [4.69, 9.17) is 24.5 Å². The molecule has 5 aromatic rings. The van der Waals surface area contributed by atoms with Crippen LogP contribution >= 0.6 is 0 Å². The van der Waals surface area contributed by atoms with Crippen molar-refractivity contribution in [2.45, 2.75) is 45.1 Å². The van der Waals surface area contributed by atoms with E-state index < -0.39 is 35.7 Å². The second-order valence-corrected chi connectivity index (χ2v) is 14.5. The minimum absolute atomic E-state index is 0.0539. The molecule has 57 heavy (non-hydrogen) atoms. The van der Waals surface area contributed by atoms with Crippen LogP contribution in [-0.2, 0) is 24.5 Å². The lowest BCUT2D eigenvalue weighted by molar-refractivity contribution is -0.136. The SMILES string of the molecule is CC(C)(C)c1cc(-c2cc(-n3cnc4cc(OCCOCCOCCNc5cccc6c5C(=O)N(C5CCC(=O)NC5=O)C6=O)ccc43)ccc2NC(N)=O)no1. The summed E-state index contributed by atoms with van der Waals surface area (Å²) >= 11 is 0. The molecule has 5 N–H and O–H groups in total. The zero-order valence-corrected chi connectivity index (χ0v) is 31.6. The molecule has 6 amide bonds. The van der Waals surface area contributed by atoms with E-state index in [1.807, 2.05) is 61.7 Å². The van der Waals surface area contributed by atoms with Crippen molar-refractivity contribution >= 4 is 52.1 Å². The molecular weight excluding hydrogens is 736 g/mol. The Kier molecular flexibility index (Phi) is 11.0. The number of aromatic nitrogens is 3. The summed E-state index contributed by atoms with van der Waals surface area (Å²) in [5, 5.41) is 12.3. The number of imide groups is 2. The van der Waals surface area contributed by atoms with E-state index in [1.54, 1.807) is 30.6 Å². The molecule has 0 aliphatic carbocycles. The maximum absolute atomic E-state index is 13.2. The number of primary amides is 1. The van der Waals surface area contributed by atoms with Gasteiger partial charge in [-0.1, -0.05) is 32.0 Å². The van der Waals surface area contributed by atoms with E-state index in [2.05, 4.69) is 26.1 Å². The Morgan fingerprint density at radius 3 is 2.47 bits per heavy atom. The van der Waals surface area contributed by atoms with E-state index in [9.17, 15) is 24.0 Å². The number of imidazole rings is 1. The Hall–Kier alpha value is -6.59. The van der Waals surface area contributed by atoms with Crippen LogP contribution in [0.3, 0.4) is 0 Å². The van der Waals surface area contributed by atoms with E-state index in [-0.39, 0.29) is 29.4 Å². The number of nitrogens with one attached hydrogen (secondary N) is 3. The molecule has 1 unspecified atom stereocenters. The second kappa shape index (κ2) is 16.3. The van der Waals surface area contributed by atoms with Crippen LogP contribution in [0.2, 0.25) is 0 Å². The summed E-state index contributed by atoms with van der Waals surface area (Å²) in [6.45, 7) is 8.04. The fourth-order valence-electron chi connectivity index (χ4n) is 6.64. The van der Waals surface area contributed by atoms with Crippen molar-refractivity contribution in [3.8, 4) is 22.7 Å². The molecule has 2 aromatic heterocycles. The average molecular weight is 779 g/mol. The van der Waals surface area contributed by atoms with Gasteiger partial charge in [0.25, 0.3) is 11.8 Å². The molecule has 17 heteroatoms. The van der Waals surface area contributed by atoms with Crippen LogP contribution in [0.15, 0.2) is 71.5 Å². The fourth-order valence-corrected chi connectivity index (χ4v) is 6.64. The molecule has 7 rings (SSSR count). The van der Waals surface area contributed by atoms with Crippen LogP contribution in [0.4, 0.5) is 16.2 Å². The number of benzene rings is 3. The first kappa shape index (κ1) is 38.7. The smallest absolute Gasteiger partial charge is 0.316 e. The third kappa shape index (κ3) is 8.34. The Morgan fingerprint density at radius 1 is 0.930 bits per heavy atom. The first-order valence-electron chi connectivity index (χ1n) is 18.4. The number of carbonyl (C=O) groups excluding carboxylic acids is 5. The molecule has 0 bridgehead atoms. The monoisotopic (exact) mass is 778 g/mol. The Morgan fingerprint density at radius 2 is 1.72 bits per heavy atom. The number of ether oxygens (including phenoxy) is 3. The van der Waals surface area contributed by atoms with Crippen molar-refractivity contribution < 1.29 is 42.7 Å². The molecule has 1 saturated heterocycles. The summed E-state index contributed by atoms with van der Waals surface area (Å²) in [6, 6.07) is 16.1. The number of piperidine rings is 1. The molecule has 4 heterocycles. The van der Waals surface area contributed by atoms with Crippen molar-refractivity contribution in [1.29, 1.82) is 0 Å². The highest BCUT2D eigenvalue weighted by Gasteiger charge is 2.45. The summed E-state index contributed by atoms with van der Waals surface area (Å²) in [5.41, 5.74) is 10.1. The molecule has 2 aliphatic heterocycles. The zero-order chi connectivity index (χ0) is 40.3. The number of rotatable bonds is 15. The van der Waals surface area contributed by atoms with Crippen LogP contribution in [0, 0.1) is 0 Å². The van der Waals surface area contributed by atoms with Gasteiger partial charge in [-0.3, -0.25) is 34.0 Å². The highest BCUT2D eigenvalue weighted by molar-refractivity contribution is 6.25. The number of hydrogen-bond donors (Lipinski definition) is 4. The number of hydrogen-bond acceptors (Lipinski definition) is 12. The lowest BCUT2D eigenvalue weighted by atomic mass is 9.92. The molecule has 0 saturated carbocycles. The van der Waals surface area contributed by atoms with Gasteiger partial charge in [0, 0.05) is 47.5 Å². The van der Waals surface area contributed by atoms with Gasteiger partial charge in [0.05, 0.1) is 54.3 Å². The zero-order valence-electron chi connectivity index (χ0n) is 31.6. The summed E-state index contributed by atoms with van der Waals surface area (Å²) < 4.78 is 24.8. The maximum Gasteiger partial charge on any atom is 0.316 e. The fraction of sp³-hybridized carbons (Fsp3) is 0.325. The van der Waals surface area contributed by atoms with Gasteiger partial charge in [-0.05, 0) is 48.9 Å². The molecular formula is C40H42N8O9. The summed E-state index contributed by atoms with van der Waals surface area (Å²) in [6.07, 6.45) is 1.85. The van der Waals surface area contributed by atoms with Crippen molar-refractivity contribution in [3.05, 3.63) is 83.9 Å². The minimum atomic E-state index is -1.03. The van der Waals surface area contributed by atoms with Gasteiger partial charge in [0.2, 0.25) is 11.8 Å². The first-order chi connectivity index (χ1) is 27.4. The Balaban J connectivity index is 0.857. The summed E-state index contributed by atoms with van der Waals surface area (Å²) in [5.74, 6) is -0.880. The number of nitrogens with two attached hydrogens (primary N) is 1. The molecule has 17 nitrogen and oxygen atoms in total. The standard InChI is InChI=1S/C40H42N8O9/c1-40(2,3)33-21-29(46-57-33)26-19-23(7-9-27(26)44-39(41)53)47-22-43-30-20-24(8-10-31(30)47)56-18-17-55-16-15-54-14-13-42-28-6-4-5-25-35(28)38(52)48(37(25)51)32-11-12-34(49)45-36(32)50/h4-10,19-22,32,42H,11-18H2,1-3H3,(H3,41,44,53)(H,45,49,50). The average Bonchev–Trinajstić information content (AvgIpc) is 3.90. The Labute approximate surface area is 326 Å². The van der Waals surface area contributed by atoms with Crippen molar-refractivity contribution in [1.82, 2.24) is 24.9 Å². The van der Waals surface area contributed by atoms with E-state index in [0.29, 0.717) is 73.7 Å². The van der Waals surface area contributed by atoms with E-state index in [0.717, 1.165) is 21.6 Å². The quantitative estimate of drug-likeness (QED) is 0.0858. The van der Waals surface area contributed by atoms with Gasteiger partial charge in [-0.25, -0.2) is 9.78 Å². The third-order valence-electron chi connectivity index (χ3n) is 9.48. The van der Waals surface area contributed by atoms with Crippen LogP contribution < -0.4 is 26.4 Å². The lowest BCUT2D eigenvalue weighted by Crippen LogP contribution is -2.54. The number of amides is 6. The highest BCUT2D eigenvalue weighted by atomic mass is 16.5. The normalized spacial score (nSPS) is 15.6. The number of fused-ring (bicyclic) bond motifs is 2. The summed E-state index contributed by atoms with van der Waals surface area (Å²) in [4.78, 5) is 67.5. The Bertz CT molecular complexity index is 2360. The number of carbonyl (C=O) groups is 5. The van der Waals surface area contributed by atoms with Crippen LogP contribution in [0.5, 0.6) is 5.75 Å². The second-order valence-electron chi connectivity index (χ2n) is 14.5. The van der Waals surface area contributed by atoms with Gasteiger partial charge in [-0.15, -0.1) is 0 Å². The number of nitrogens with zero attached hydrogens (tertiary/aromatic N) is 4. The predicted molar refractivity (Wildman–Crippen MR) is 207 cm³/mol. The number of anilines is 2. The van der Waals surface area contributed by atoms with Gasteiger partial charge >= 0.3 is 6.03 Å². The molecule has 1 atom stereocenters. The van der Waals surface area contributed by atoms with Crippen LogP contribution in [0.25, 0.3) is 28.0 Å². The molecule has 0 radical (unpaired) electrons. The van der Waals surface area contributed by atoms with E-state index in [1.165, 1.54) is 0 Å². The van der Waals surface area contributed by atoms with Crippen molar-refractivity contribution in [2.24, 2.45) is 5.73 Å². The van der Waals surface area contributed by atoms with Gasteiger partial charge in [-0.2, -0.15) is 0 Å². The predicted octanol–water partition coefficient (Wildman–Crippen LogP) is 4.39. The maximum atomic E-state index is 13.2. The third-order valence-corrected chi connectivity index (χ3v) is 9.48. The van der Waals surface area contributed by atoms with Gasteiger partial charge in [0.15, 0.2) is 0 Å². The molecule has 1 fully saturated rings. The van der Waals surface area contributed by atoms with E-state index >= 15 is 0 Å². The molecule has 2 aliphatic rings. The first-order valence-corrected chi connectivity index (χ1v) is 18.4. The topological polar surface area (TPSA) is 222 Å². The molecule has 0 spiro atoms. The lowest BCUT2D eigenvalue weighted by Gasteiger charge is -2.27. The van der Waals surface area contributed by atoms with Gasteiger partial charge in [0.1, 0.15) is 36.2 Å². The molecule has 3 aromatic carbocycles.